The van der Waals surface area contributed by atoms with Crippen LogP contribution in [-0.4, -0.2) is 35.4 Å². The second kappa shape index (κ2) is 6.11. The number of anilines is 1. The van der Waals surface area contributed by atoms with E-state index in [0.717, 1.165) is 6.26 Å². The SMILES string of the molecule is Cc1ccc(N)c(C)c1S(=O)(=O)NCCCS(C)(=O)=O. The van der Waals surface area contributed by atoms with Crippen molar-refractivity contribution >= 4 is 25.5 Å². The number of benzene rings is 1. The Kier molecular flexibility index (Phi) is 5.17. The number of sulfone groups is 1. The summed E-state index contributed by atoms with van der Waals surface area (Å²) in [5.74, 6) is -0.0512. The Bertz CT molecular complexity index is 694. The Morgan fingerprint density at radius 3 is 2.30 bits per heavy atom. The number of aryl methyl sites for hydroxylation is 1. The van der Waals surface area contributed by atoms with E-state index in [9.17, 15) is 16.8 Å². The third kappa shape index (κ3) is 4.46. The zero-order chi connectivity index (χ0) is 15.6. The van der Waals surface area contributed by atoms with Gasteiger partial charge in [0.05, 0.1) is 10.6 Å². The molecule has 6 nitrogen and oxygen atoms in total. The number of hydrogen-bond acceptors (Lipinski definition) is 5. The van der Waals surface area contributed by atoms with Crippen molar-refractivity contribution in [2.45, 2.75) is 25.2 Å². The van der Waals surface area contributed by atoms with Crippen LogP contribution in [0.5, 0.6) is 0 Å². The molecule has 0 unspecified atom stereocenters. The molecule has 8 heteroatoms. The van der Waals surface area contributed by atoms with Crippen LogP contribution in [0.1, 0.15) is 17.5 Å². The van der Waals surface area contributed by atoms with E-state index in [1.165, 1.54) is 0 Å². The van der Waals surface area contributed by atoms with Crippen molar-refractivity contribution in [2.24, 2.45) is 0 Å². The van der Waals surface area contributed by atoms with Crippen LogP contribution >= 0.6 is 0 Å². The van der Waals surface area contributed by atoms with Crippen LogP contribution in [0, 0.1) is 13.8 Å². The Morgan fingerprint density at radius 1 is 1.15 bits per heavy atom. The molecule has 0 saturated carbocycles. The molecule has 1 aromatic rings. The maximum absolute atomic E-state index is 12.2. The average Bonchev–Trinajstić information content (AvgIpc) is 2.29. The van der Waals surface area contributed by atoms with Gasteiger partial charge in [0, 0.05) is 18.5 Å². The van der Waals surface area contributed by atoms with Gasteiger partial charge in [-0.05, 0) is 37.5 Å². The molecule has 20 heavy (non-hydrogen) atoms. The van der Waals surface area contributed by atoms with Crippen LogP contribution in [0.4, 0.5) is 5.69 Å². The standard InChI is InChI=1S/C12H20N2O4S2/c1-9-5-6-11(13)10(2)12(9)20(17,18)14-7-4-8-19(3,15)16/h5-6,14H,4,7-8,13H2,1-3H3. The van der Waals surface area contributed by atoms with Crippen molar-refractivity contribution in [1.82, 2.24) is 4.72 Å². The third-order valence-corrected chi connectivity index (χ3v) is 5.68. The number of sulfonamides is 1. The lowest BCUT2D eigenvalue weighted by Gasteiger charge is -2.13. The highest BCUT2D eigenvalue weighted by Gasteiger charge is 2.20. The van der Waals surface area contributed by atoms with Gasteiger partial charge in [0.25, 0.3) is 0 Å². The van der Waals surface area contributed by atoms with Crippen LogP contribution in [0.25, 0.3) is 0 Å². The summed E-state index contributed by atoms with van der Waals surface area (Å²) in [5, 5.41) is 0. The van der Waals surface area contributed by atoms with Gasteiger partial charge in [-0.2, -0.15) is 0 Å². The normalized spacial score (nSPS) is 12.6. The second-order valence-corrected chi connectivity index (χ2v) is 8.77. The minimum Gasteiger partial charge on any atom is -0.398 e. The smallest absolute Gasteiger partial charge is 0.241 e. The summed E-state index contributed by atoms with van der Waals surface area (Å²) in [5.41, 5.74) is 7.24. The highest BCUT2D eigenvalue weighted by molar-refractivity contribution is 7.90. The minimum absolute atomic E-state index is 0.0512. The van der Waals surface area contributed by atoms with Crippen molar-refractivity contribution in [3.05, 3.63) is 23.3 Å². The van der Waals surface area contributed by atoms with Crippen LogP contribution < -0.4 is 10.5 Å². The number of nitrogens with one attached hydrogen (secondary N) is 1. The van der Waals surface area contributed by atoms with Gasteiger partial charge in [-0.25, -0.2) is 21.6 Å². The summed E-state index contributed by atoms with van der Waals surface area (Å²) < 4.78 is 48.8. The summed E-state index contributed by atoms with van der Waals surface area (Å²) in [6.45, 7) is 3.41. The van der Waals surface area contributed by atoms with Gasteiger partial charge in [-0.3, -0.25) is 0 Å². The summed E-state index contributed by atoms with van der Waals surface area (Å²) in [6.07, 6.45) is 1.35. The molecule has 0 heterocycles. The molecule has 1 rings (SSSR count). The number of nitrogens with two attached hydrogens (primary N) is 1. The molecule has 0 aliphatic heterocycles. The molecular weight excluding hydrogens is 300 g/mol. The number of rotatable bonds is 6. The molecule has 0 spiro atoms. The van der Waals surface area contributed by atoms with E-state index in [2.05, 4.69) is 4.72 Å². The molecule has 0 aromatic heterocycles. The largest absolute Gasteiger partial charge is 0.398 e. The lowest BCUT2D eigenvalue weighted by Crippen LogP contribution is -2.27. The molecule has 0 atom stereocenters. The van der Waals surface area contributed by atoms with Crippen LogP contribution in [-0.2, 0) is 19.9 Å². The fourth-order valence-corrected chi connectivity index (χ4v) is 4.11. The van der Waals surface area contributed by atoms with Crippen molar-refractivity contribution < 1.29 is 16.8 Å². The van der Waals surface area contributed by atoms with Crippen molar-refractivity contribution in [3.8, 4) is 0 Å². The second-order valence-electron chi connectivity index (χ2n) is 4.81. The molecule has 0 bridgehead atoms. The lowest BCUT2D eigenvalue weighted by atomic mass is 10.1. The Labute approximate surface area is 120 Å². The summed E-state index contributed by atoms with van der Waals surface area (Å²) >= 11 is 0. The monoisotopic (exact) mass is 320 g/mol. The zero-order valence-electron chi connectivity index (χ0n) is 11.8. The van der Waals surface area contributed by atoms with E-state index in [0.29, 0.717) is 16.8 Å². The molecule has 0 aliphatic carbocycles. The Morgan fingerprint density at radius 2 is 1.75 bits per heavy atom. The predicted octanol–water partition coefficient (Wildman–Crippen LogP) is 0.599. The van der Waals surface area contributed by atoms with Gasteiger partial charge in [0.15, 0.2) is 0 Å². The molecule has 0 saturated heterocycles. The van der Waals surface area contributed by atoms with Crippen LogP contribution in [0.3, 0.4) is 0 Å². The van der Waals surface area contributed by atoms with Crippen molar-refractivity contribution in [3.63, 3.8) is 0 Å². The van der Waals surface area contributed by atoms with Crippen molar-refractivity contribution in [2.75, 3.05) is 24.3 Å². The molecule has 114 valence electrons. The van der Waals surface area contributed by atoms with E-state index in [1.54, 1.807) is 26.0 Å². The molecular formula is C12H20N2O4S2. The van der Waals surface area contributed by atoms with Crippen LogP contribution in [0.2, 0.25) is 0 Å². The molecule has 1 aromatic carbocycles. The molecule has 0 amide bonds. The highest BCUT2D eigenvalue weighted by atomic mass is 32.2. The first-order valence-corrected chi connectivity index (χ1v) is 9.62. The summed E-state index contributed by atoms with van der Waals surface area (Å²) in [6, 6.07) is 3.31. The quantitative estimate of drug-likeness (QED) is 0.589. The summed E-state index contributed by atoms with van der Waals surface area (Å²) in [7, 11) is -6.77. The topological polar surface area (TPSA) is 106 Å². The van der Waals surface area contributed by atoms with E-state index >= 15 is 0 Å². The van der Waals surface area contributed by atoms with Crippen molar-refractivity contribution in [1.29, 1.82) is 0 Å². The maximum Gasteiger partial charge on any atom is 0.241 e. The first-order valence-electron chi connectivity index (χ1n) is 6.07. The van der Waals surface area contributed by atoms with Gasteiger partial charge >= 0.3 is 0 Å². The predicted molar refractivity (Wildman–Crippen MR) is 79.8 cm³/mol. The van der Waals surface area contributed by atoms with E-state index < -0.39 is 19.9 Å². The molecule has 3 N–H and O–H groups in total. The highest BCUT2D eigenvalue weighted by Crippen LogP contribution is 2.24. The van der Waals surface area contributed by atoms with Gasteiger partial charge in [0.1, 0.15) is 9.84 Å². The fraction of sp³-hybridized carbons (Fsp3) is 0.500. The van der Waals surface area contributed by atoms with E-state index in [-0.39, 0.29) is 23.6 Å². The summed E-state index contributed by atoms with van der Waals surface area (Å²) in [4.78, 5) is 0.164. The van der Waals surface area contributed by atoms with E-state index in [4.69, 9.17) is 5.73 Å². The van der Waals surface area contributed by atoms with Gasteiger partial charge in [-0.15, -0.1) is 0 Å². The van der Waals surface area contributed by atoms with Crippen LogP contribution in [0.15, 0.2) is 17.0 Å². The number of nitrogen functional groups attached to an aromatic ring is 1. The Hall–Kier alpha value is -1.12. The first-order chi connectivity index (χ1) is 9.04. The third-order valence-electron chi connectivity index (χ3n) is 2.90. The van der Waals surface area contributed by atoms with E-state index in [1.807, 2.05) is 0 Å². The Balaban J connectivity index is 2.88. The fourth-order valence-electron chi connectivity index (χ4n) is 1.87. The maximum atomic E-state index is 12.2. The molecule has 0 radical (unpaired) electrons. The molecule has 0 fully saturated rings. The molecule has 0 aliphatic rings. The average molecular weight is 320 g/mol. The minimum atomic E-state index is -3.69. The lowest BCUT2D eigenvalue weighted by molar-refractivity contribution is 0.576. The van der Waals surface area contributed by atoms with Gasteiger partial charge in [-0.1, -0.05) is 6.07 Å². The number of hydrogen-bond donors (Lipinski definition) is 2. The van der Waals surface area contributed by atoms with Gasteiger partial charge < -0.3 is 5.73 Å². The zero-order valence-corrected chi connectivity index (χ0v) is 13.4. The first kappa shape index (κ1) is 16.9. The van der Waals surface area contributed by atoms with Gasteiger partial charge in [0.2, 0.25) is 10.0 Å².